The van der Waals surface area contributed by atoms with Crippen LogP contribution in [0.15, 0.2) is 88.2 Å². The standard InChI is InChI=1S/C27H33ClFN3O.C12H19N3.C2H5N.2C2H6.C2H4/c1-7-10-20(13-26(29)30-6)23(15-31-16-33)25-14-22(17(3)8-2)19(5)27(32-25)21-11-9-12-24(28)18(21)4;1-4-5-15-8-10-6-9(2)7-11(14-3)12(10)13;1-3-2;3*1-2/h9-14,16-17,23H,6-8,15H2,1-5H3,(H,31,33);6-8,14H,4-5,13H2,1-3H3;1H2,2H3;2*1-2H3;1-2H2/b20-10+,26-13-;;;;;. The summed E-state index contributed by atoms with van der Waals surface area (Å²) in [7, 11) is 3.51. The molecule has 0 radical (unpaired) electrons. The summed E-state index contributed by atoms with van der Waals surface area (Å²) in [6.45, 7) is 36.1. The van der Waals surface area contributed by atoms with Gasteiger partial charge in [0.2, 0.25) is 12.4 Å². The first-order valence-electron chi connectivity index (χ1n) is 19.8. The summed E-state index contributed by atoms with van der Waals surface area (Å²) in [5, 5.41) is 6.51. The van der Waals surface area contributed by atoms with E-state index in [0.29, 0.717) is 29.3 Å². The number of rotatable bonds is 15. The number of pyridine rings is 1. The SMILES string of the molecule is C=C.C=N/C(F)=C\C(=C/CC)C(CNC=O)c1cc(C(C)CC)c(C)c(-c2cccc(Cl)c2C)n1.C=NC.CC.CC.CCCN=Cc1cc(C)cc(NC)c1N. The first-order chi connectivity index (χ1) is 27.4. The fraction of sp³-hybridized carbons (Fsp3) is 0.426. The molecule has 1 amide bonds. The molecule has 3 rings (SSSR count). The van der Waals surface area contributed by atoms with Crippen LogP contribution in [0.25, 0.3) is 11.3 Å². The Hall–Kier alpha value is -4.89. The molecule has 2 unspecified atom stereocenters. The number of nitrogens with zero attached hydrogens (tertiary/aromatic N) is 4. The lowest BCUT2D eigenvalue weighted by molar-refractivity contribution is -0.109. The van der Waals surface area contributed by atoms with Crippen molar-refractivity contribution in [1.82, 2.24) is 10.3 Å². The van der Waals surface area contributed by atoms with Crippen LogP contribution in [0.5, 0.6) is 0 Å². The third kappa shape index (κ3) is 19.7. The first-order valence-corrected chi connectivity index (χ1v) is 20.2. The molecule has 8 nitrogen and oxygen atoms in total. The van der Waals surface area contributed by atoms with Crippen LogP contribution in [-0.2, 0) is 4.79 Å². The zero-order valence-electron chi connectivity index (χ0n) is 37.3. The highest BCUT2D eigenvalue weighted by molar-refractivity contribution is 6.31. The van der Waals surface area contributed by atoms with Gasteiger partial charge in [0.25, 0.3) is 0 Å². The number of aryl methyl sites for hydroxylation is 1. The van der Waals surface area contributed by atoms with Crippen LogP contribution in [0.3, 0.4) is 0 Å². The van der Waals surface area contributed by atoms with Crippen LogP contribution in [0.1, 0.15) is 120 Å². The maximum atomic E-state index is 14.1. The van der Waals surface area contributed by atoms with Gasteiger partial charge in [-0.15, -0.1) is 13.2 Å². The first kappa shape index (κ1) is 56.4. The highest BCUT2D eigenvalue weighted by Crippen LogP contribution is 2.37. The smallest absolute Gasteiger partial charge is 0.212 e. The summed E-state index contributed by atoms with van der Waals surface area (Å²) < 4.78 is 14.1. The van der Waals surface area contributed by atoms with E-state index < -0.39 is 5.95 Å². The Balaban J connectivity index is -0.00000101. The number of nitrogen functional groups attached to an aromatic ring is 1. The summed E-state index contributed by atoms with van der Waals surface area (Å²) in [5.74, 6) is -0.735. The number of allylic oxidation sites excluding steroid dienone is 2. The Labute approximate surface area is 350 Å². The zero-order valence-corrected chi connectivity index (χ0v) is 38.1. The number of halogens is 2. The van der Waals surface area contributed by atoms with E-state index in [4.69, 9.17) is 22.3 Å². The van der Waals surface area contributed by atoms with Gasteiger partial charge >= 0.3 is 0 Å². The third-order valence-electron chi connectivity index (χ3n) is 8.25. The lowest BCUT2D eigenvalue weighted by Gasteiger charge is -2.24. The molecule has 0 saturated heterocycles. The number of nitrogens with one attached hydrogen (secondary N) is 2. The maximum Gasteiger partial charge on any atom is 0.212 e. The van der Waals surface area contributed by atoms with E-state index in [1.807, 2.05) is 85.1 Å². The number of carbonyl (C=O) groups excluding carboxylic acids is 1. The molecular weight excluding hydrogens is 733 g/mol. The van der Waals surface area contributed by atoms with Crippen molar-refractivity contribution < 1.29 is 9.18 Å². The Morgan fingerprint density at radius 1 is 1.04 bits per heavy atom. The number of anilines is 2. The second kappa shape index (κ2) is 34.4. The van der Waals surface area contributed by atoms with E-state index in [0.717, 1.165) is 64.4 Å². The number of aliphatic imine (C=N–C) groups is 3. The van der Waals surface area contributed by atoms with Gasteiger partial charge in [0.05, 0.1) is 22.8 Å². The number of amides is 1. The monoisotopic (exact) mass is 806 g/mol. The minimum absolute atomic E-state index is 0.278. The minimum atomic E-state index is -0.675. The Kier molecular flexibility index (Phi) is 34.0. The second-order valence-electron chi connectivity index (χ2n) is 12.1. The molecule has 57 heavy (non-hydrogen) atoms. The number of aromatic nitrogens is 1. The van der Waals surface area contributed by atoms with Gasteiger partial charge in [-0.25, -0.2) is 4.99 Å². The molecule has 0 saturated carbocycles. The van der Waals surface area contributed by atoms with Crippen LogP contribution in [-0.4, -0.2) is 58.2 Å². The predicted molar refractivity (Wildman–Crippen MR) is 254 cm³/mol. The van der Waals surface area contributed by atoms with Crippen molar-refractivity contribution in [2.75, 3.05) is 38.2 Å². The predicted octanol–water partition coefficient (Wildman–Crippen LogP) is 12.8. The molecule has 0 aliphatic carbocycles. The summed E-state index contributed by atoms with van der Waals surface area (Å²) in [6, 6.07) is 12.0. The van der Waals surface area contributed by atoms with Crippen molar-refractivity contribution in [3.8, 4) is 11.3 Å². The molecule has 0 aliphatic rings. The topological polar surface area (TPSA) is 117 Å². The van der Waals surface area contributed by atoms with E-state index >= 15 is 0 Å². The van der Waals surface area contributed by atoms with E-state index in [2.05, 4.69) is 99.0 Å². The van der Waals surface area contributed by atoms with Crippen molar-refractivity contribution in [3.63, 3.8) is 0 Å². The molecule has 10 heteroatoms. The minimum Gasteiger partial charge on any atom is -0.397 e. The zero-order chi connectivity index (χ0) is 44.5. The average molecular weight is 807 g/mol. The Morgan fingerprint density at radius 3 is 2.16 bits per heavy atom. The van der Waals surface area contributed by atoms with Crippen molar-refractivity contribution in [2.24, 2.45) is 15.0 Å². The molecule has 2 aromatic carbocycles. The fourth-order valence-corrected chi connectivity index (χ4v) is 5.57. The molecule has 0 spiro atoms. The maximum absolute atomic E-state index is 14.1. The van der Waals surface area contributed by atoms with Gasteiger partial charge in [-0.3, -0.25) is 14.8 Å². The van der Waals surface area contributed by atoms with Gasteiger partial charge in [-0.05, 0) is 118 Å². The third-order valence-corrected chi connectivity index (χ3v) is 8.66. The summed E-state index contributed by atoms with van der Waals surface area (Å²) in [6.07, 6.45) is 8.50. The van der Waals surface area contributed by atoms with Gasteiger partial charge in [0, 0.05) is 55.5 Å². The van der Waals surface area contributed by atoms with Crippen molar-refractivity contribution >= 4 is 49.0 Å². The van der Waals surface area contributed by atoms with Crippen molar-refractivity contribution in [3.05, 3.63) is 112 Å². The molecular formula is C47H73ClFN7O. The van der Waals surface area contributed by atoms with Crippen molar-refractivity contribution in [1.29, 1.82) is 0 Å². The molecule has 0 fully saturated rings. The summed E-state index contributed by atoms with van der Waals surface area (Å²) >= 11 is 6.43. The molecule has 4 N–H and O–H groups in total. The number of benzene rings is 2. The van der Waals surface area contributed by atoms with Crippen LogP contribution < -0.4 is 16.4 Å². The van der Waals surface area contributed by atoms with Gasteiger partial charge < -0.3 is 21.4 Å². The van der Waals surface area contributed by atoms with Gasteiger partial charge in [-0.1, -0.05) is 85.2 Å². The average Bonchev–Trinajstić information content (AvgIpc) is 3.23. The number of hydrogen-bond donors (Lipinski definition) is 3. The highest BCUT2D eigenvalue weighted by atomic mass is 35.5. The Bertz CT molecular complexity index is 1700. The molecule has 1 aromatic heterocycles. The molecule has 1 heterocycles. The van der Waals surface area contributed by atoms with E-state index in [-0.39, 0.29) is 12.5 Å². The molecule has 2 atom stereocenters. The lowest BCUT2D eigenvalue weighted by Crippen LogP contribution is -2.23. The van der Waals surface area contributed by atoms with E-state index in [1.165, 1.54) is 17.2 Å². The number of hydrogen-bond acceptors (Lipinski definition) is 7. The normalized spacial score (nSPS) is 11.5. The van der Waals surface area contributed by atoms with Crippen LogP contribution in [0.2, 0.25) is 5.02 Å². The molecule has 0 aliphatic heterocycles. The summed E-state index contributed by atoms with van der Waals surface area (Å²) in [5.41, 5.74) is 16.4. The van der Waals surface area contributed by atoms with Gasteiger partial charge in [0.15, 0.2) is 0 Å². The second-order valence-corrected chi connectivity index (χ2v) is 12.5. The van der Waals surface area contributed by atoms with Crippen LogP contribution in [0, 0.1) is 20.8 Å². The van der Waals surface area contributed by atoms with Crippen molar-refractivity contribution in [2.45, 2.75) is 107 Å². The molecule has 0 bridgehead atoms. The Morgan fingerprint density at radius 2 is 1.65 bits per heavy atom. The van der Waals surface area contributed by atoms with E-state index in [1.54, 1.807) is 7.05 Å². The van der Waals surface area contributed by atoms with Crippen LogP contribution in [0.4, 0.5) is 15.8 Å². The molecule has 3 aromatic rings. The van der Waals surface area contributed by atoms with Crippen LogP contribution >= 0.6 is 11.6 Å². The van der Waals surface area contributed by atoms with Gasteiger partial charge in [-0.2, -0.15) is 4.39 Å². The quantitative estimate of drug-likeness (QED) is 0.0354. The number of nitrogens with two attached hydrogens (primary N) is 1. The lowest BCUT2D eigenvalue weighted by atomic mass is 9.86. The molecule has 316 valence electrons. The van der Waals surface area contributed by atoms with Gasteiger partial charge in [0.1, 0.15) is 0 Å². The number of carbonyl (C=O) groups is 1. The fourth-order valence-electron chi connectivity index (χ4n) is 5.40. The highest BCUT2D eigenvalue weighted by Gasteiger charge is 2.23. The summed E-state index contributed by atoms with van der Waals surface area (Å²) in [4.78, 5) is 27.2. The largest absolute Gasteiger partial charge is 0.397 e. The van der Waals surface area contributed by atoms with E-state index in [9.17, 15) is 9.18 Å².